The van der Waals surface area contributed by atoms with E-state index in [9.17, 15) is 27.4 Å². The third kappa shape index (κ3) is 25.6. The molecule has 0 aliphatic carbocycles. The molecule has 2 aliphatic rings. The smallest absolute Gasteiger partial charge is 0.397 e. The number of unbranched alkanes of at least 4 members (excludes halogenated alkanes) is 23. The summed E-state index contributed by atoms with van der Waals surface area (Å²) in [4.78, 5) is 40.4. The largest absolute Gasteiger partial charge is 0.462 e. The predicted octanol–water partition coefficient (Wildman–Crippen LogP) is 12.5. The van der Waals surface area contributed by atoms with Gasteiger partial charge in [0.2, 0.25) is 5.91 Å². The number of fused-ring (bicyclic) bond motifs is 1. The molecule has 0 aromatic heterocycles. The molecule has 1 aromatic carbocycles. The van der Waals surface area contributed by atoms with Gasteiger partial charge in [-0.3, -0.25) is 14.1 Å². The zero-order valence-corrected chi connectivity index (χ0v) is 45.0. The number of esters is 2. The summed E-state index contributed by atoms with van der Waals surface area (Å²) in [6.07, 6.45) is 25.9. The van der Waals surface area contributed by atoms with Gasteiger partial charge >= 0.3 is 22.3 Å². The Morgan fingerprint density at radius 2 is 1.24 bits per heavy atom. The third-order valence-corrected chi connectivity index (χ3v) is 13.4. The van der Waals surface area contributed by atoms with Crippen molar-refractivity contribution in [3.63, 3.8) is 0 Å². The fourth-order valence-corrected chi connectivity index (χ4v) is 9.38. The molecule has 2 heterocycles. The molecule has 402 valence electrons. The van der Waals surface area contributed by atoms with Crippen LogP contribution in [0.2, 0.25) is 0 Å². The lowest BCUT2D eigenvalue weighted by Gasteiger charge is -2.41. The number of benzene rings is 1. The van der Waals surface area contributed by atoms with Crippen LogP contribution in [-0.2, 0) is 52.6 Å². The van der Waals surface area contributed by atoms with Gasteiger partial charge in [-0.05, 0) is 72.1 Å². The predicted molar refractivity (Wildman–Crippen MR) is 273 cm³/mol. The molecule has 1 amide bonds. The fourth-order valence-electron chi connectivity index (χ4n) is 8.90. The molecule has 1 aromatic rings. The van der Waals surface area contributed by atoms with Crippen LogP contribution in [0.4, 0.5) is 0 Å². The molecule has 7 atom stereocenters. The lowest BCUT2D eigenvalue weighted by molar-refractivity contribution is -0.279. The molecule has 2 aliphatic heterocycles. The first-order valence-corrected chi connectivity index (χ1v) is 28.5. The van der Waals surface area contributed by atoms with E-state index in [0.717, 1.165) is 44.9 Å². The number of carbonyl (C=O) groups excluding carboxylic acids is 3. The van der Waals surface area contributed by atoms with E-state index in [2.05, 4.69) is 19.2 Å². The second-order valence-electron chi connectivity index (χ2n) is 20.9. The Bertz CT molecular complexity index is 1730. The molecule has 70 heavy (non-hydrogen) atoms. The van der Waals surface area contributed by atoms with Gasteiger partial charge in [0.05, 0.1) is 23.6 Å². The van der Waals surface area contributed by atoms with Crippen molar-refractivity contribution in [2.24, 2.45) is 5.41 Å². The van der Waals surface area contributed by atoms with E-state index < -0.39 is 76.4 Å². The Hall–Kier alpha value is -2.92. The first-order chi connectivity index (χ1) is 33.4. The normalized spacial score (nSPS) is 21.1. The average molecular weight is 1010 g/mol. The summed E-state index contributed by atoms with van der Waals surface area (Å²) in [6.45, 7) is 12.2. The Morgan fingerprint density at radius 3 is 1.76 bits per heavy atom. The molecule has 2 saturated heterocycles. The first-order valence-electron chi connectivity index (χ1n) is 27.1. The maximum absolute atomic E-state index is 13.8. The number of allylic oxidation sites excluding steroid dienone is 1. The van der Waals surface area contributed by atoms with E-state index in [0.29, 0.717) is 12.0 Å². The Kier molecular flexibility index (Phi) is 29.6. The van der Waals surface area contributed by atoms with Crippen LogP contribution < -0.4 is 5.32 Å². The van der Waals surface area contributed by atoms with Gasteiger partial charge in [0, 0.05) is 6.42 Å². The third-order valence-electron chi connectivity index (χ3n) is 12.9. The summed E-state index contributed by atoms with van der Waals surface area (Å²) >= 11 is 0. The minimum absolute atomic E-state index is 0.232. The van der Waals surface area contributed by atoms with Crippen molar-refractivity contribution in [2.45, 2.75) is 264 Å². The van der Waals surface area contributed by atoms with Gasteiger partial charge < -0.3 is 33.7 Å². The summed E-state index contributed by atoms with van der Waals surface area (Å²) in [7, 11) is -5.11. The zero-order chi connectivity index (χ0) is 51.3. The number of hydrogen-bond donors (Lipinski definition) is 2. The quantitative estimate of drug-likeness (QED) is 0.0276. The van der Waals surface area contributed by atoms with Gasteiger partial charge in [-0.2, -0.15) is 8.42 Å². The minimum atomic E-state index is -5.11. The van der Waals surface area contributed by atoms with Crippen LogP contribution in [0.15, 0.2) is 42.5 Å². The second-order valence-corrected chi connectivity index (χ2v) is 22.0. The highest BCUT2D eigenvalue weighted by atomic mass is 32.3. The molecule has 15 heteroatoms. The zero-order valence-electron chi connectivity index (χ0n) is 44.1. The van der Waals surface area contributed by atoms with E-state index in [4.69, 9.17) is 32.6 Å². The van der Waals surface area contributed by atoms with Crippen LogP contribution >= 0.6 is 0 Å². The number of carbonyl (C=O) groups is 3. The fraction of sp³-hybridized carbons (Fsp3) is 0.800. The number of amides is 1. The van der Waals surface area contributed by atoms with E-state index in [1.54, 1.807) is 71.0 Å². The van der Waals surface area contributed by atoms with E-state index in [1.807, 2.05) is 6.08 Å². The van der Waals surface area contributed by atoms with Crippen molar-refractivity contribution >= 4 is 28.2 Å². The van der Waals surface area contributed by atoms with Crippen LogP contribution in [0.5, 0.6) is 0 Å². The van der Waals surface area contributed by atoms with E-state index in [1.165, 1.54) is 109 Å². The highest BCUT2D eigenvalue weighted by Crippen LogP contribution is 2.40. The minimum Gasteiger partial charge on any atom is -0.462 e. The van der Waals surface area contributed by atoms with Crippen LogP contribution in [0.25, 0.3) is 0 Å². The van der Waals surface area contributed by atoms with Crippen LogP contribution in [0.1, 0.15) is 226 Å². The summed E-state index contributed by atoms with van der Waals surface area (Å²) in [6, 6.07) is 7.58. The highest BCUT2D eigenvalue weighted by molar-refractivity contribution is 7.80. The van der Waals surface area contributed by atoms with Crippen molar-refractivity contribution in [3.8, 4) is 0 Å². The SMILES string of the molecule is CCCCCCCCCCCCC/C=C/[C@@H](OC(=O)c1ccccc1)[C@H](CO[C@@H]1O[C@H](COC(=O)C(C)(C)C)[C@@H]2OC(C)(C)O[C@@H]2[C@H]1OS(=O)(=O)O)NC(=O)CCCCCCCCCCCCCCC. The van der Waals surface area contributed by atoms with Gasteiger partial charge in [0.25, 0.3) is 0 Å². The maximum Gasteiger partial charge on any atom is 0.397 e. The number of hydrogen-bond acceptors (Lipinski definition) is 12. The van der Waals surface area contributed by atoms with Crippen molar-refractivity contribution < 1.29 is 60.0 Å². The Labute approximate surface area is 422 Å². The molecule has 3 rings (SSSR count). The molecule has 2 fully saturated rings. The first kappa shape index (κ1) is 61.4. The number of ether oxygens (including phenoxy) is 6. The van der Waals surface area contributed by atoms with Crippen molar-refractivity contribution in [2.75, 3.05) is 13.2 Å². The lowest BCUT2D eigenvalue weighted by Crippen LogP contribution is -2.60. The molecule has 0 spiro atoms. The Morgan fingerprint density at radius 1 is 0.743 bits per heavy atom. The van der Waals surface area contributed by atoms with Crippen molar-refractivity contribution in [1.29, 1.82) is 0 Å². The van der Waals surface area contributed by atoms with Gasteiger partial charge in [-0.1, -0.05) is 179 Å². The number of nitrogens with one attached hydrogen (secondary N) is 1. The highest BCUT2D eigenvalue weighted by Gasteiger charge is 2.58. The van der Waals surface area contributed by atoms with Gasteiger partial charge in [-0.15, -0.1) is 0 Å². The summed E-state index contributed by atoms with van der Waals surface area (Å²) < 4.78 is 76.6. The van der Waals surface area contributed by atoms with Gasteiger partial charge in [-0.25, -0.2) is 8.98 Å². The summed E-state index contributed by atoms with van der Waals surface area (Å²) in [5.41, 5.74) is -0.515. The van der Waals surface area contributed by atoms with Gasteiger partial charge in [0.1, 0.15) is 31.0 Å². The molecule has 0 saturated carbocycles. The molecule has 2 N–H and O–H groups in total. The number of rotatable bonds is 38. The second kappa shape index (κ2) is 33.7. The van der Waals surface area contributed by atoms with Crippen molar-refractivity contribution in [1.82, 2.24) is 5.32 Å². The molecular weight excluding hydrogens is 915 g/mol. The van der Waals surface area contributed by atoms with E-state index >= 15 is 0 Å². The average Bonchev–Trinajstić information content (AvgIpc) is 3.65. The van der Waals surface area contributed by atoms with Gasteiger partial charge in [0.15, 0.2) is 18.2 Å². The van der Waals surface area contributed by atoms with Crippen LogP contribution in [-0.4, -0.2) is 92.7 Å². The maximum atomic E-state index is 13.8. The molecular formula is C55H93NO13S. The Balaban J connectivity index is 1.80. The summed E-state index contributed by atoms with van der Waals surface area (Å²) in [5, 5.41) is 3.06. The van der Waals surface area contributed by atoms with Crippen LogP contribution in [0.3, 0.4) is 0 Å². The monoisotopic (exact) mass is 1010 g/mol. The standard InChI is InChI=1S/C55H93NO13S/c1-8-10-12-14-16-18-20-22-24-26-28-30-35-39-45(65-51(58)43-37-33-32-34-38-43)44(56-47(57)40-36-31-29-27-25-23-21-19-17-15-13-11-9-2)41-63-52-50(69-70(60,61)62)49-48(67-55(6,7)68-49)46(66-52)42-64-53(59)54(3,4)5/h32-35,37-39,44-46,48-50,52H,8-31,36,40-42H2,1-7H3,(H,56,57)(H,60,61,62)/b39-35+/t44-,45+,46+,48-,49-,50+,52+/m0/s1. The van der Waals surface area contributed by atoms with Crippen molar-refractivity contribution in [3.05, 3.63) is 48.0 Å². The molecule has 0 bridgehead atoms. The summed E-state index contributed by atoms with van der Waals surface area (Å²) in [5.74, 6) is -2.63. The lowest BCUT2D eigenvalue weighted by atomic mass is 9.97. The molecule has 0 radical (unpaired) electrons. The van der Waals surface area contributed by atoms with Crippen LogP contribution in [0, 0.1) is 5.41 Å². The van der Waals surface area contributed by atoms with E-state index in [-0.39, 0.29) is 25.5 Å². The topological polar surface area (TPSA) is 182 Å². The molecule has 14 nitrogen and oxygen atoms in total. The molecule has 0 unspecified atom stereocenters.